The third-order valence-corrected chi connectivity index (χ3v) is 9.59. The molecule has 0 aliphatic heterocycles. The first kappa shape index (κ1) is 24.2. The molecule has 2 aromatic heterocycles. The van der Waals surface area contributed by atoms with Gasteiger partial charge in [0.05, 0.1) is 11.4 Å². The van der Waals surface area contributed by atoms with E-state index in [4.69, 9.17) is 9.97 Å². The van der Waals surface area contributed by atoms with Crippen molar-refractivity contribution in [1.29, 1.82) is 0 Å². The molecule has 7 aromatic carbocycles. The van der Waals surface area contributed by atoms with Gasteiger partial charge in [-0.25, -0.2) is 9.97 Å². The van der Waals surface area contributed by atoms with E-state index >= 15 is 0 Å². The number of benzene rings is 7. The molecular formula is C40H24N2S. The number of nitrogens with zero attached hydrogens (tertiary/aromatic N) is 2. The SMILES string of the molecule is c1ccc(-c2nc(-c3cccc4c3ccc3cc5ccccc5cc34)cc(-c3cccc4sc5ccccc5c34)n2)cc1. The molecule has 3 heteroatoms. The molecule has 0 N–H and O–H groups in total. The van der Waals surface area contributed by atoms with Crippen LogP contribution in [0.3, 0.4) is 0 Å². The van der Waals surface area contributed by atoms with Crippen molar-refractivity contribution in [1.82, 2.24) is 9.97 Å². The van der Waals surface area contributed by atoms with E-state index in [1.165, 1.54) is 52.5 Å². The Morgan fingerprint density at radius 1 is 0.395 bits per heavy atom. The average molecular weight is 565 g/mol. The Labute approximate surface area is 252 Å². The quantitative estimate of drug-likeness (QED) is 0.158. The molecule has 0 aliphatic rings. The fourth-order valence-corrected chi connectivity index (χ4v) is 7.56. The number of hydrogen-bond acceptors (Lipinski definition) is 3. The van der Waals surface area contributed by atoms with Gasteiger partial charge in [-0.15, -0.1) is 11.3 Å². The van der Waals surface area contributed by atoms with Crippen LogP contribution in [0.5, 0.6) is 0 Å². The van der Waals surface area contributed by atoms with Gasteiger partial charge >= 0.3 is 0 Å². The third kappa shape index (κ3) is 3.93. The summed E-state index contributed by atoms with van der Waals surface area (Å²) in [5, 5.41) is 9.94. The lowest BCUT2D eigenvalue weighted by Crippen LogP contribution is -1.96. The summed E-state index contributed by atoms with van der Waals surface area (Å²) in [4.78, 5) is 10.4. The minimum atomic E-state index is 0.730. The Hall–Kier alpha value is -5.38. The fraction of sp³-hybridized carbons (Fsp3) is 0. The minimum Gasteiger partial charge on any atom is -0.228 e. The Balaban J connectivity index is 1.33. The topological polar surface area (TPSA) is 25.8 Å². The highest BCUT2D eigenvalue weighted by atomic mass is 32.1. The summed E-state index contributed by atoms with van der Waals surface area (Å²) in [6.07, 6.45) is 0. The maximum Gasteiger partial charge on any atom is 0.160 e. The standard InChI is InChI=1S/C40H24N2S/c1-2-10-25(11-3-1)40-41-35(24-36(42-40)32-17-9-19-38-39(32)33-14-6-7-18-37(33)43-38)31-16-8-15-29-30(31)21-20-28-22-26-12-4-5-13-27(26)23-34(28)29/h1-24H. The molecule has 9 aromatic rings. The zero-order valence-corrected chi connectivity index (χ0v) is 24.0. The van der Waals surface area contributed by atoms with E-state index < -0.39 is 0 Å². The van der Waals surface area contributed by atoms with E-state index in [2.05, 4.69) is 127 Å². The van der Waals surface area contributed by atoms with Gasteiger partial charge < -0.3 is 0 Å². The van der Waals surface area contributed by atoms with Crippen LogP contribution < -0.4 is 0 Å². The lowest BCUT2D eigenvalue weighted by molar-refractivity contribution is 1.19. The molecule has 0 unspecified atom stereocenters. The number of thiophene rings is 1. The predicted molar refractivity (Wildman–Crippen MR) is 184 cm³/mol. The summed E-state index contributed by atoms with van der Waals surface area (Å²) < 4.78 is 2.56. The van der Waals surface area contributed by atoms with Crippen molar-refractivity contribution in [3.63, 3.8) is 0 Å². The minimum absolute atomic E-state index is 0.730. The number of rotatable bonds is 3. The lowest BCUT2D eigenvalue weighted by atomic mass is 9.94. The zero-order valence-electron chi connectivity index (χ0n) is 23.2. The van der Waals surface area contributed by atoms with Crippen molar-refractivity contribution >= 4 is 63.8 Å². The maximum atomic E-state index is 5.20. The second-order valence-corrected chi connectivity index (χ2v) is 12.1. The Morgan fingerprint density at radius 3 is 1.95 bits per heavy atom. The molecule has 0 amide bonds. The normalized spacial score (nSPS) is 11.7. The second kappa shape index (κ2) is 9.59. The molecule has 2 heterocycles. The van der Waals surface area contributed by atoms with Crippen molar-refractivity contribution in [2.24, 2.45) is 0 Å². The van der Waals surface area contributed by atoms with Gasteiger partial charge in [0, 0.05) is 36.9 Å². The van der Waals surface area contributed by atoms with Gasteiger partial charge in [0.2, 0.25) is 0 Å². The molecule has 43 heavy (non-hydrogen) atoms. The molecular weight excluding hydrogens is 541 g/mol. The average Bonchev–Trinajstić information content (AvgIpc) is 3.46. The summed E-state index contributed by atoms with van der Waals surface area (Å²) >= 11 is 1.83. The molecule has 0 atom stereocenters. The van der Waals surface area contributed by atoms with Gasteiger partial charge in [0.25, 0.3) is 0 Å². The molecule has 0 saturated carbocycles. The largest absolute Gasteiger partial charge is 0.228 e. The number of aromatic nitrogens is 2. The van der Waals surface area contributed by atoms with Gasteiger partial charge in [-0.1, -0.05) is 115 Å². The van der Waals surface area contributed by atoms with Crippen molar-refractivity contribution < 1.29 is 0 Å². The summed E-state index contributed by atoms with van der Waals surface area (Å²) in [5.74, 6) is 0.730. The van der Waals surface area contributed by atoms with Crippen LogP contribution in [-0.4, -0.2) is 9.97 Å². The van der Waals surface area contributed by atoms with E-state index in [0.717, 1.165) is 33.9 Å². The smallest absolute Gasteiger partial charge is 0.160 e. The first-order chi connectivity index (χ1) is 21.3. The van der Waals surface area contributed by atoms with Crippen LogP contribution in [0.1, 0.15) is 0 Å². The first-order valence-electron chi connectivity index (χ1n) is 14.5. The first-order valence-corrected chi connectivity index (χ1v) is 15.3. The summed E-state index contributed by atoms with van der Waals surface area (Å²) in [7, 11) is 0. The zero-order chi connectivity index (χ0) is 28.3. The summed E-state index contributed by atoms with van der Waals surface area (Å²) in [6, 6.07) is 51.9. The van der Waals surface area contributed by atoms with Crippen LogP contribution in [0.15, 0.2) is 146 Å². The highest BCUT2D eigenvalue weighted by molar-refractivity contribution is 7.25. The molecule has 0 bridgehead atoms. The molecule has 0 aliphatic carbocycles. The Morgan fingerprint density at radius 2 is 1.07 bits per heavy atom. The molecule has 0 radical (unpaired) electrons. The lowest BCUT2D eigenvalue weighted by Gasteiger charge is -2.13. The van der Waals surface area contributed by atoms with Gasteiger partial charge in [0.15, 0.2) is 5.82 Å². The molecule has 9 rings (SSSR count). The second-order valence-electron chi connectivity index (χ2n) is 11.0. The number of fused-ring (bicyclic) bond motifs is 7. The monoisotopic (exact) mass is 564 g/mol. The molecule has 0 spiro atoms. The van der Waals surface area contributed by atoms with E-state index in [0.29, 0.717) is 0 Å². The van der Waals surface area contributed by atoms with E-state index in [9.17, 15) is 0 Å². The van der Waals surface area contributed by atoms with Crippen molar-refractivity contribution in [3.8, 4) is 33.9 Å². The van der Waals surface area contributed by atoms with Gasteiger partial charge in [-0.2, -0.15) is 0 Å². The van der Waals surface area contributed by atoms with Crippen LogP contribution in [0.2, 0.25) is 0 Å². The van der Waals surface area contributed by atoms with Gasteiger partial charge in [0.1, 0.15) is 0 Å². The number of hydrogen-bond donors (Lipinski definition) is 0. The van der Waals surface area contributed by atoms with Gasteiger partial charge in [-0.05, 0) is 62.6 Å². The van der Waals surface area contributed by atoms with Crippen LogP contribution >= 0.6 is 11.3 Å². The van der Waals surface area contributed by atoms with Crippen LogP contribution in [0.25, 0.3) is 86.4 Å². The third-order valence-electron chi connectivity index (χ3n) is 8.46. The summed E-state index contributed by atoms with van der Waals surface area (Å²) in [5.41, 5.74) is 5.10. The highest BCUT2D eigenvalue weighted by Crippen LogP contribution is 2.41. The van der Waals surface area contributed by atoms with Gasteiger partial charge in [-0.3, -0.25) is 0 Å². The van der Waals surface area contributed by atoms with Crippen molar-refractivity contribution in [2.75, 3.05) is 0 Å². The highest BCUT2D eigenvalue weighted by Gasteiger charge is 2.17. The van der Waals surface area contributed by atoms with E-state index in [-0.39, 0.29) is 0 Å². The summed E-state index contributed by atoms with van der Waals surface area (Å²) in [6.45, 7) is 0. The Bertz CT molecular complexity index is 2510. The fourth-order valence-electron chi connectivity index (χ4n) is 6.43. The van der Waals surface area contributed by atoms with E-state index in [1.807, 2.05) is 29.5 Å². The molecule has 2 nitrogen and oxygen atoms in total. The van der Waals surface area contributed by atoms with Crippen LogP contribution in [0, 0.1) is 0 Å². The molecule has 200 valence electrons. The van der Waals surface area contributed by atoms with Crippen LogP contribution in [-0.2, 0) is 0 Å². The molecule has 0 fully saturated rings. The molecule has 0 saturated heterocycles. The van der Waals surface area contributed by atoms with Crippen LogP contribution in [0.4, 0.5) is 0 Å². The van der Waals surface area contributed by atoms with Crippen molar-refractivity contribution in [3.05, 3.63) is 146 Å². The predicted octanol–water partition coefficient (Wildman–Crippen LogP) is 11.3. The Kier molecular flexibility index (Phi) is 5.40. The van der Waals surface area contributed by atoms with E-state index in [1.54, 1.807) is 0 Å². The maximum absolute atomic E-state index is 5.20. The van der Waals surface area contributed by atoms with Crippen molar-refractivity contribution in [2.45, 2.75) is 0 Å².